The number of aromatic nitrogens is 2. The van der Waals surface area contributed by atoms with Crippen molar-refractivity contribution in [1.29, 1.82) is 0 Å². The van der Waals surface area contributed by atoms with Gasteiger partial charge in [-0.25, -0.2) is 4.98 Å². The van der Waals surface area contributed by atoms with Gasteiger partial charge in [-0.2, -0.15) is 0 Å². The van der Waals surface area contributed by atoms with Crippen LogP contribution in [0.25, 0.3) is 10.2 Å². The highest BCUT2D eigenvalue weighted by atomic mass is 35.5. The number of amides is 1. The number of benzene rings is 1. The first-order chi connectivity index (χ1) is 14.1. The zero-order valence-electron chi connectivity index (χ0n) is 15.7. The second kappa shape index (κ2) is 8.90. The number of rotatable bonds is 7. The van der Waals surface area contributed by atoms with Gasteiger partial charge in [-0.05, 0) is 48.9 Å². The number of carbonyl (C=O) groups excluding carboxylic acids is 1. The van der Waals surface area contributed by atoms with Gasteiger partial charge in [-0.3, -0.25) is 14.7 Å². The lowest BCUT2D eigenvalue weighted by molar-refractivity contribution is -0.118. The van der Waals surface area contributed by atoms with E-state index in [1.807, 2.05) is 49.4 Å². The van der Waals surface area contributed by atoms with E-state index >= 15 is 0 Å². The average molecular weight is 444 g/mol. The molecular formula is C21H18ClN3O2S2. The molecule has 4 aromatic rings. The molecule has 0 aliphatic carbocycles. The molecule has 0 radical (unpaired) electrons. The maximum Gasteiger partial charge on any atom is 0.234 e. The molecule has 0 aliphatic rings. The molecule has 29 heavy (non-hydrogen) atoms. The van der Waals surface area contributed by atoms with Crippen LogP contribution in [0.15, 0.2) is 54.9 Å². The molecule has 0 unspecified atom stereocenters. The van der Waals surface area contributed by atoms with E-state index in [4.69, 9.17) is 21.3 Å². The topological polar surface area (TPSA) is 55.3 Å². The molecule has 5 nitrogen and oxygen atoms in total. The zero-order chi connectivity index (χ0) is 20.2. The summed E-state index contributed by atoms with van der Waals surface area (Å²) in [6, 6.07) is 13.3. The number of nitrogens with zero attached hydrogens (tertiary/aromatic N) is 3. The number of hydrogen-bond acceptors (Lipinski definition) is 6. The van der Waals surface area contributed by atoms with Gasteiger partial charge in [0.2, 0.25) is 5.91 Å². The highest BCUT2D eigenvalue weighted by Gasteiger charge is 2.21. The van der Waals surface area contributed by atoms with Crippen LogP contribution in [-0.4, -0.2) is 22.5 Å². The highest BCUT2D eigenvalue weighted by Crippen LogP contribution is 2.33. The lowest BCUT2D eigenvalue weighted by atomic mass is 10.2. The van der Waals surface area contributed by atoms with Crippen LogP contribution >= 0.6 is 34.3 Å². The van der Waals surface area contributed by atoms with Gasteiger partial charge in [0.25, 0.3) is 0 Å². The Labute approximate surface area is 181 Å². The molecule has 1 amide bonds. The molecule has 3 aromatic heterocycles. The molecule has 1 aromatic carbocycles. The maximum atomic E-state index is 13.2. The van der Waals surface area contributed by atoms with Gasteiger partial charge in [0, 0.05) is 17.3 Å². The number of pyridine rings is 1. The molecule has 4 rings (SSSR count). The van der Waals surface area contributed by atoms with Crippen molar-refractivity contribution in [1.82, 2.24) is 9.97 Å². The largest absolute Gasteiger partial charge is 0.494 e. The summed E-state index contributed by atoms with van der Waals surface area (Å²) in [5.74, 6) is 0.769. The van der Waals surface area contributed by atoms with Crippen molar-refractivity contribution in [2.75, 3.05) is 11.5 Å². The number of fused-ring (bicyclic) bond motifs is 1. The molecule has 148 valence electrons. The number of ether oxygens (including phenoxy) is 1. The molecule has 0 atom stereocenters. The Hall–Kier alpha value is -2.48. The summed E-state index contributed by atoms with van der Waals surface area (Å²) >= 11 is 8.93. The average Bonchev–Trinajstić information content (AvgIpc) is 3.32. The Bertz CT molecular complexity index is 1130. The van der Waals surface area contributed by atoms with Crippen LogP contribution < -0.4 is 9.64 Å². The van der Waals surface area contributed by atoms with Crippen LogP contribution in [0.1, 0.15) is 17.4 Å². The fourth-order valence-corrected chi connectivity index (χ4v) is 4.98. The van der Waals surface area contributed by atoms with Gasteiger partial charge in [0.05, 0.1) is 34.1 Å². The first-order valence-electron chi connectivity index (χ1n) is 9.09. The van der Waals surface area contributed by atoms with Crippen LogP contribution in [0, 0.1) is 0 Å². The summed E-state index contributed by atoms with van der Waals surface area (Å²) < 4.78 is 7.24. The normalized spacial score (nSPS) is 11.0. The van der Waals surface area contributed by atoms with E-state index in [1.165, 1.54) is 22.7 Å². The molecular weight excluding hydrogens is 426 g/mol. The van der Waals surface area contributed by atoms with Crippen molar-refractivity contribution < 1.29 is 9.53 Å². The molecule has 8 heteroatoms. The SMILES string of the molecule is CCOc1ccc2nc(N(Cc3cccnc3)C(=O)Cc3ccc(Cl)s3)sc2c1. The number of thiazole rings is 1. The van der Waals surface area contributed by atoms with Crippen molar-refractivity contribution in [2.24, 2.45) is 0 Å². The number of thiophene rings is 1. The van der Waals surface area contributed by atoms with E-state index in [0.29, 0.717) is 22.6 Å². The Balaban J connectivity index is 1.67. The minimum atomic E-state index is -0.0311. The molecule has 0 saturated carbocycles. The van der Waals surface area contributed by atoms with Crippen LogP contribution in [0.5, 0.6) is 5.75 Å². The molecule has 0 fully saturated rings. The minimum absolute atomic E-state index is 0.0311. The number of anilines is 1. The summed E-state index contributed by atoms with van der Waals surface area (Å²) in [6.45, 7) is 2.96. The summed E-state index contributed by atoms with van der Waals surface area (Å²) in [5.41, 5.74) is 1.79. The third-order valence-electron chi connectivity index (χ3n) is 4.21. The van der Waals surface area contributed by atoms with Gasteiger partial charge in [-0.15, -0.1) is 11.3 Å². The lowest BCUT2D eigenvalue weighted by Gasteiger charge is -2.19. The molecule has 0 saturated heterocycles. The van der Waals surface area contributed by atoms with E-state index in [0.717, 1.165) is 26.4 Å². The minimum Gasteiger partial charge on any atom is -0.494 e. The monoisotopic (exact) mass is 443 g/mol. The van der Waals surface area contributed by atoms with E-state index in [-0.39, 0.29) is 12.3 Å². The van der Waals surface area contributed by atoms with Crippen LogP contribution in [0.2, 0.25) is 4.34 Å². The molecule has 0 aliphatic heterocycles. The fourth-order valence-electron chi connectivity index (χ4n) is 2.89. The maximum absolute atomic E-state index is 13.2. The Morgan fingerprint density at radius 2 is 2.10 bits per heavy atom. The fraction of sp³-hybridized carbons (Fsp3) is 0.190. The summed E-state index contributed by atoms with van der Waals surface area (Å²) in [4.78, 5) is 24.7. The van der Waals surface area contributed by atoms with Crippen LogP contribution in [0.4, 0.5) is 5.13 Å². The Kier molecular flexibility index (Phi) is 6.08. The van der Waals surface area contributed by atoms with Gasteiger partial charge in [-0.1, -0.05) is 29.0 Å². The van der Waals surface area contributed by atoms with Gasteiger partial charge < -0.3 is 4.74 Å². The van der Waals surface area contributed by atoms with Gasteiger partial charge in [0.15, 0.2) is 5.13 Å². The Morgan fingerprint density at radius 3 is 2.83 bits per heavy atom. The lowest BCUT2D eigenvalue weighted by Crippen LogP contribution is -2.31. The van der Waals surface area contributed by atoms with Crippen molar-refractivity contribution in [3.05, 3.63) is 69.6 Å². The summed E-state index contributed by atoms with van der Waals surface area (Å²) in [7, 11) is 0. The quantitative estimate of drug-likeness (QED) is 0.374. The number of hydrogen-bond donors (Lipinski definition) is 0. The van der Waals surface area contributed by atoms with Crippen molar-refractivity contribution in [3.63, 3.8) is 0 Å². The zero-order valence-corrected chi connectivity index (χ0v) is 18.1. The van der Waals surface area contributed by atoms with Crippen LogP contribution in [0.3, 0.4) is 0 Å². The third kappa shape index (κ3) is 4.75. The predicted octanol–water partition coefficient (Wildman–Crippen LogP) is 5.58. The summed E-state index contributed by atoms with van der Waals surface area (Å²) in [5, 5.41) is 0.658. The Morgan fingerprint density at radius 1 is 1.21 bits per heavy atom. The van der Waals surface area contributed by atoms with E-state index < -0.39 is 0 Å². The van der Waals surface area contributed by atoms with Crippen molar-refractivity contribution in [2.45, 2.75) is 19.9 Å². The van der Waals surface area contributed by atoms with Crippen molar-refractivity contribution >= 4 is 55.5 Å². The molecule has 0 spiro atoms. The van der Waals surface area contributed by atoms with Crippen LogP contribution in [-0.2, 0) is 17.8 Å². The second-order valence-electron chi connectivity index (χ2n) is 6.28. The van der Waals surface area contributed by atoms with E-state index in [1.54, 1.807) is 17.3 Å². The predicted molar refractivity (Wildman–Crippen MR) is 119 cm³/mol. The molecule has 0 N–H and O–H groups in total. The molecule has 3 heterocycles. The standard InChI is InChI=1S/C21H18ClN3O2S2/c1-2-27-15-5-7-17-18(10-15)29-21(24-17)25(13-14-4-3-9-23-12-14)20(26)11-16-6-8-19(22)28-16/h3-10,12H,2,11,13H2,1H3. The van der Waals surface area contributed by atoms with E-state index in [2.05, 4.69) is 4.98 Å². The third-order valence-corrected chi connectivity index (χ3v) is 6.48. The molecule has 0 bridgehead atoms. The smallest absolute Gasteiger partial charge is 0.234 e. The highest BCUT2D eigenvalue weighted by molar-refractivity contribution is 7.22. The first kappa shape index (κ1) is 19.8. The van der Waals surface area contributed by atoms with Crippen molar-refractivity contribution in [3.8, 4) is 5.75 Å². The first-order valence-corrected chi connectivity index (χ1v) is 11.1. The summed E-state index contributed by atoms with van der Waals surface area (Å²) in [6.07, 6.45) is 3.76. The van der Waals surface area contributed by atoms with Gasteiger partial charge >= 0.3 is 0 Å². The second-order valence-corrected chi connectivity index (χ2v) is 9.09. The number of carbonyl (C=O) groups is 1. The number of halogens is 1. The van der Waals surface area contributed by atoms with Gasteiger partial charge in [0.1, 0.15) is 5.75 Å². The van der Waals surface area contributed by atoms with E-state index in [9.17, 15) is 4.79 Å².